The van der Waals surface area contributed by atoms with Gasteiger partial charge in [0.25, 0.3) is 0 Å². The second kappa shape index (κ2) is 7.78. The number of hydrogen-bond acceptors (Lipinski definition) is 3. The fourth-order valence-corrected chi connectivity index (χ4v) is 3.48. The van der Waals surface area contributed by atoms with Crippen LogP contribution in [0.5, 0.6) is 0 Å². The Hall–Kier alpha value is -0.900. The van der Waals surface area contributed by atoms with E-state index in [-0.39, 0.29) is 18.6 Å². The summed E-state index contributed by atoms with van der Waals surface area (Å²) in [6.45, 7) is 11.2. The van der Waals surface area contributed by atoms with Crippen LogP contribution in [0.2, 0.25) is 0 Å². The van der Waals surface area contributed by atoms with Crippen molar-refractivity contribution in [2.75, 3.05) is 13.2 Å². The highest BCUT2D eigenvalue weighted by atomic mass is 16.3. The van der Waals surface area contributed by atoms with Crippen LogP contribution in [0, 0.1) is 10.8 Å². The van der Waals surface area contributed by atoms with E-state index < -0.39 is 5.54 Å². The quantitative estimate of drug-likeness (QED) is 0.688. The zero-order valence-corrected chi connectivity index (χ0v) is 15.5. The van der Waals surface area contributed by atoms with Crippen LogP contribution < -0.4 is 5.73 Å². The maximum absolute atomic E-state index is 9.24. The minimum absolute atomic E-state index is 0.192. The summed E-state index contributed by atoms with van der Waals surface area (Å²) in [5.74, 6) is 0. The first-order valence-electron chi connectivity index (χ1n) is 8.57. The number of nitrogens with two attached hydrogens (primary N) is 1. The van der Waals surface area contributed by atoms with Gasteiger partial charge in [0.2, 0.25) is 0 Å². The molecule has 1 aromatic carbocycles. The molecule has 0 aliphatic heterocycles. The van der Waals surface area contributed by atoms with Gasteiger partial charge in [-0.3, -0.25) is 0 Å². The molecule has 0 radical (unpaired) electrons. The molecule has 0 unspecified atom stereocenters. The van der Waals surface area contributed by atoms with Crippen LogP contribution in [0.3, 0.4) is 0 Å². The molecule has 23 heavy (non-hydrogen) atoms. The Bertz CT molecular complexity index is 467. The Morgan fingerprint density at radius 2 is 1.35 bits per heavy atom. The molecule has 0 spiro atoms. The third-order valence-corrected chi connectivity index (χ3v) is 4.26. The number of benzene rings is 1. The molecule has 0 aliphatic rings. The molecule has 0 aliphatic carbocycles. The van der Waals surface area contributed by atoms with Gasteiger partial charge in [0.1, 0.15) is 0 Å². The summed E-state index contributed by atoms with van der Waals surface area (Å²) in [5.41, 5.74) is 8.19. The first-order chi connectivity index (χ1) is 10.5. The zero-order valence-electron chi connectivity index (χ0n) is 15.5. The summed E-state index contributed by atoms with van der Waals surface area (Å²) in [4.78, 5) is 0. The van der Waals surface area contributed by atoms with Gasteiger partial charge in [-0.15, -0.1) is 0 Å². The van der Waals surface area contributed by atoms with Gasteiger partial charge in [-0.05, 0) is 47.6 Å². The summed E-state index contributed by atoms with van der Waals surface area (Å²) in [6, 6.07) is 8.65. The molecule has 0 saturated heterocycles. The summed E-state index contributed by atoms with van der Waals surface area (Å²) < 4.78 is 0. The predicted octanol–water partition coefficient (Wildman–Crippen LogP) is 3.31. The molecule has 1 aromatic rings. The Balaban J connectivity index is 2.63. The van der Waals surface area contributed by atoms with Crippen molar-refractivity contribution in [3.63, 3.8) is 0 Å². The molecule has 1 rings (SSSR count). The molecule has 0 atom stereocenters. The second-order valence-corrected chi connectivity index (χ2v) is 9.07. The van der Waals surface area contributed by atoms with Gasteiger partial charge in [0, 0.05) is 0 Å². The third-order valence-electron chi connectivity index (χ3n) is 4.26. The Kier molecular flexibility index (Phi) is 6.81. The number of rotatable bonds is 8. The normalized spacial score (nSPS) is 13.4. The maximum atomic E-state index is 9.24. The highest BCUT2D eigenvalue weighted by molar-refractivity contribution is 5.24. The van der Waals surface area contributed by atoms with E-state index in [1.807, 2.05) is 0 Å². The molecule has 3 nitrogen and oxygen atoms in total. The Labute approximate surface area is 141 Å². The monoisotopic (exact) mass is 321 g/mol. The van der Waals surface area contributed by atoms with Crippen LogP contribution in [0.15, 0.2) is 24.3 Å². The molecule has 0 bridgehead atoms. The first kappa shape index (κ1) is 20.1. The van der Waals surface area contributed by atoms with Crippen LogP contribution in [-0.2, 0) is 12.8 Å². The van der Waals surface area contributed by atoms with Crippen molar-refractivity contribution in [3.05, 3.63) is 35.4 Å². The fourth-order valence-electron chi connectivity index (χ4n) is 3.48. The van der Waals surface area contributed by atoms with Gasteiger partial charge in [-0.2, -0.15) is 0 Å². The minimum atomic E-state index is -0.882. The standard InChI is InChI=1S/C20H35NO2/c1-18(2,3)13-19(4,5)12-17-8-6-16(7-9-17)10-11-20(21,14-22)15-23/h6-9,22-23H,10-15,21H2,1-5H3. The van der Waals surface area contributed by atoms with E-state index in [0.29, 0.717) is 11.8 Å². The van der Waals surface area contributed by atoms with Gasteiger partial charge in [0.15, 0.2) is 0 Å². The van der Waals surface area contributed by atoms with Gasteiger partial charge in [-0.25, -0.2) is 0 Å². The number of aliphatic hydroxyl groups excluding tert-OH is 2. The minimum Gasteiger partial charge on any atom is -0.394 e. The molecule has 132 valence electrons. The molecule has 0 saturated carbocycles. The van der Waals surface area contributed by atoms with Gasteiger partial charge in [0.05, 0.1) is 18.8 Å². The summed E-state index contributed by atoms with van der Waals surface area (Å²) >= 11 is 0. The highest BCUT2D eigenvalue weighted by Crippen LogP contribution is 2.35. The lowest BCUT2D eigenvalue weighted by Gasteiger charge is -2.32. The van der Waals surface area contributed by atoms with Gasteiger partial charge < -0.3 is 15.9 Å². The molecular weight excluding hydrogens is 286 g/mol. The van der Waals surface area contributed by atoms with Gasteiger partial charge in [-0.1, -0.05) is 58.9 Å². The maximum Gasteiger partial charge on any atom is 0.0633 e. The second-order valence-electron chi connectivity index (χ2n) is 9.07. The van der Waals surface area contributed by atoms with E-state index in [0.717, 1.165) is 12.8 Å². The van der Waals surface area contributed by atoms with E-state index in [4.69, 9.17) is 5.73 Å². The van der Waals surface area contributed by atoms with E-state index in [9.17, 15) is 10.2 Å². The molecule has 0 heterocycles. The molecule has 0 aromatic heterocycles. The summed E-state index contributed by atoms with van der Waals surface area (Å²) in [5, 5.41) is 18.5. The topological polar surface area (TPSA) is 66.5 Å². The van der Waals surface area contributed by atoms with Gasteiger partial charge >= 0.3 is 0 Å². The smallest absolute Gasteiger partial charge is 0.0633 e. The van der Waals surface area contributed by atoms with E-state index >= 15 is 0 Å². The van der Waals surface area contributed by atoms with Crippen LogP contribution in [-0.4, -0.2) is 29.0 Å². The SMILES string of the molecule is CC(C)(C)CC(C)(C)Cc1ccc(CCC(N)(CO)CO)cc1. The fraction of sp³-hybridized carbons (Fsp3) is 0.700. The average Bonchev–Trinajstić information content (AvgIpc) is 2.43. The lowest BCUT2D eigenvalue weighted by atomic mass is 9.73. The molecule has 0 fully saturated rings. The number of aliphatic hydroxyl groups is 2. The third kappa shape index (κ3) is 7.47. The molecule has 0 amide bonds. The highest BCUT2D eigenvalue weighted by Gasteiger charge is 2.26. The predicted molar refractivity (Wildman–Crippen MR) is 97.4 cm³/mol. The molecular formula is C20H35NO2. The number of hydrogen-bond donors (Lipinski definition) is 3. The lowest BCUT2D eigenvalue weighted by Crippen LogP contribution is -2.47. The van der Waals surface area contributed by atoms with Crippen molar-refractivity contribution in [2.24, 2.45) is 16.6 Å². The zero-order chi connectivity index (χ0) is 17.7. The van der Waals surface area contributed by atoms with Crippen molar-refractivity contribution >= 4 is 0 Å². The Morgan fingerprint density at radius 3 is 1.78 bits per heavy atom. The van der Waals surface area contributed by atoms with E-state index in [2.05, 4.69) is 58.9 Å². The van der Waals surface area contributed by atoms with E-state index in [1.165, 1.54) is 17.5 Å². The summed E-state index contributed by atoms with van der Waals surface area (Å²) in [6.07, 6.45) is 3.60. The van der Waals surface area contributed by atoms with Crippen LogP contribution >= 0.6 is 0 Å². The molecule has 3 heteroatoms. The van der Waals surface area contributed by atoms with Crippen LogP contribution in [0.1, 0.15) is 58.6 Å². The van der Waals surface area contributed by atoms with Crippen LogP contribution in [0.25, 0.3) is 0 Å². The van der Waals surface area contributed by atoms with Crippen molar-refractivity contribution in [1.29, 1.82) is 0 Å². The number of aryl methyl sites for hydroxylation is 1. The van der Waals surface area contributed by atoms with Crippen molar-refractivity contribution < 1.29 is 10.2 Å². The van der Waals surface area contributed by atoms with E-state index in [1.54, 1.807) is 0 Å². The largest absolute Gasteiger partial charge is 0.394 e. The lowest BCUT2D eigenvalue weighted by molar-refractivity contribution is 0.115. The van der Waals surface area contributed by atoms with Crippen molar-refractivity contribution in [3.8, 4) is 0 Å². The Morgan fingerprint density at radius 1 is 0.870 bits per heavy atom. The molecule has 4 N–H and O–H groups in total. The first-order valence-corrected chi connectivity index (χ1v) is 8.57. The van der Waals surface area contributed by atoms with Crippen LogP contribution in [0.4, 0.5) is 0 Å². The van der Waals surface area contributed by atoms with Crippen molar-refractivity contribution in [1.82, 2.24) is 0 Å². The summed E-state index contributed by atoms with van der Waals surface area (Å²) in [7, 11) is 0. The average molecular weight is 322 g/mol. The van der Waals surface area contributed by atoms with Crippen molar-refractivity contribution in [2.45, 2.75) is 65.8 Å².